The summed E-state index contributed by atoms with van der Waals surface area (Å²) < 4.78 is 15.0. The lowest BCUT2D eigenvalue weighted by atomic mass is 9.97. The zero-order valence-corrected chi connectivity index (χ0v) is 14.1. The number of hydrogen-bond acceptors (Lipinski definition) is 4. The molecule has 1 aliphatic carbocycles. The smallest absolute Gasteiger partial charge is 0.267 e. The van der Waals surface area contributed by atoms with Gasteiger partial charge in [0.25, 0.3) is 5.56 Å². The quantitative estimate of drug-likeness (QED) is 0.668. The van der Waals surface area contributed by atoms with E-state index in [1.807, 2.05) is 0 Å². The van der Waals surface area contributed by atoms with Gasteiger partial charge in [-0.15, -0.1) is 11.3 Å². The molecule has 0 saturated carbocycles. The van der Waals surface area contributed by atoms with E-state index in [1.165, 1.54) is 28.3 Å². The second-order valence-electron chi connectivity index (χ2n) is 5.93. The Bertz CT molecular complexity index is 1020. The first-order valence-electron chi connectivity index (χ1n) is 7.98. The molecule has 0 atom stereocenters. The molecule has 0 bridgehead atoms. The van der Waals surface area contributed by atoms with Crippen LogP contribution in [0.4, 0.5) is 4.39 Å². The maximum atomic E-state index is 13.7. The van der Waals surface area contributed by atoms with Crippen molar-refractivity contribution in [2.45, 2.75) is 32.6 Å². The first-order valence-corrected chi connectivity index (χ1v) is 8.79. The van der Waals surface area contributed by atoms with Crippen LogP contribution in [0.2, 0.25) is 0 Å². The number of rotatable bonds is 2. The molecule has 0 saturated heterocycles. The molecule has 0 fully saturated rings. The predicted molar refractivity (Wildman–Crippen MR) is 94.7 cm³/mol. The summed E-state index contributed by atoms with van der Waals surface area (Å²) in [6.45, 7) is 1.75. The van der Waals surface area contributed by atoms with Crippen LogP contribution < -0.4 is 5.56 Å². The van der Waals surface area contributed by atoms with E-state index in [9.17, 15) is 9.18 Å². The molecule has 6 heteroatoms. The standard InChI is InChI=1S/C18H16FN3OS/c1-11-21-17-16(13-7-3-5-9-15(13)24-17)18(23)22(11)20-10-12-6-2-4-8-14(12)19/h2,4,6,8,10H,3,5,7,9H2,1H3/b20-10+. The molecular weight excluding hydrogens is 325 g/mol. The summed E-state index contributed by atoms with van der Waals surface area (Å²) in [7, 11) is 0. The van der Waals surface area contributed by atoms with Gasteiger partial charge < -0.3 is 0 Å². The first-order chi connectivity index (χ1) is 11.6. The van der Waals surface area contributed by atoms with E-state index >= 15 is 0 Å². The lowest BCUT2D eigenvalue weighted by Gasteiger charge is -2.10. The van der Waals surface area contributed by atoms with Crippen LogP contribution in [0.25, 0.3) is 10.2 Å². The van der Waals surface area contributed by atoms with Crippen LogP contribution in [0.1, 0.15) is 34.7 Å². The zero-order chi connectivity index (χ0) is 16.7. The van der Waals surface area contributed by atoms with Gasteiger partial charge in [-0.25, -0.2) is 9.37 Å². The van der Waals surface area contributed by atoms with Crippen LogP contribution in [0, 0.1) is 12.7 Å². The third-order valence-corrected chi connectivity index (χ3v) is 5.53. The fraction of sp³-hybridized carbons (Fsp3) is 0.278. The van der Waals surface area contributed by atoms with Crippen molar-refractivity contribution >= 4 is 27.8 Å². The maximum Gasteiger partial charge on any atom is 0.283 e. The number of benzene rings is 1. The highest BCUT2D eigenvalue weighted by atomic mass is 32.1. The summed E-state index contributed by atoms with van der Waals surface area (Å²) in [5, 5.41) is 4.88. The van der Waals surface area contributed by atoms with Crippen LogP contribution in [0.3, 0.4) is 0 Å². The van der Waals surface area contributed by atoms with Crippen LogP contribution in [-0.2, 0) is 12.8 Å². The lowest BCUT2D eigenvalue weighted by Crippen LogP contribution is -2.21. The monoisotopic (exact) mass is 341 g/mol. The number of hydrogen-bond donors (Lipinski definition) is 0. The fourth-order valence-electron chi connectivity index (χ4n) is 3.13. The molecule has 0 N–H and O–H groups in total. The van der Waals surface area contributed by atoms with Gasteiger partial charge in [0.2, 0.25) is 0 Å². The SMILES string of the molecule is Cc1nc2sc3c(c2c(=O)n1/N=C/c1ccccc1F)CCCC3. The number of thiophene rings is 1. The molecule has 0 amide bonds. The van der Waals surface area contributed by atoms with Gasteiger partial charge in [-0.2, -0.15) is 9.78 Å². The van der Waals surface area contributed by atoms with E-state index in [0.29, 0.717) is 16.8 Å². The molecule has 3 aromatic rings. The topological polar surface area (TPSA) is 47.2 Å². The third kappa shape index (κ3) is 2.47. The van der Waals surface area contributed by atoms with Crippen molar-refractivity contribution in [2.75, 3.05) is 0 Å². The summed E-state index contributed by atoms with van der Waals surface area (Å²) in [6, 6.07) is 6.34. The summed E-state index contributed by atoms with van der Waals surface area (Å²) in [5.74, 6) is 0.146. The maximum absolute atomic E-state index is 13.7. The summed E-state index contributed by atoms with van der Waals surface area (Å²) in [5.41, 5.74) is 1.31. The van der Waals surface area contributed by atoms with E-state index in [1.54, 1.807) is 36.5 Å². The molecule has 1 aromatic carbocycles. The molecule has 0 unspecified atom stereocenters. The molecule has 0 radical (unpaired) electrons. The summed E-state index contributed by atoms with van der Waals surface area (Å²) in [6.07, 6.45) is 5.58. The van der Waals surface area contributed by atoms with Crippen LogP contribution in [0.15, 0.2) is 34.2 Å². The average molecular weight is 341 g/mol. The lowest BCUT2D eigenvalue weighted by molar-refractivity contribution is 0.625. The number of aryl methyl sites for hydroxylation is 3. The molecule has 24 heavy (non-hydrogen) atoms. The van der Waals surface area contributed by atoms with Gasteiger partial charge in [0.1, 0.15) is 16.5 Å². The molecule has 0 aliphatic heterocycles. The van der Waals surface area contributed by atoms with Crippen LogP contribution in [-0.4, -0.2) is 15.9 Å². The van der Waals surface area contributed by atoms with Crippen LogP contribution >= 0.6 is 11.3 Å². The van der Waals surface area contributed by atoms with E-state index in [4.69, 9.17) is 0 Å². The Labute approximate surface area is 142 Å². The highest BCUT2D eigenvalue weighted by Gasteiger charge is 2.21. The Kier molecular flexibility index (Phi) is 3.76. The average Bonchev–Trinajstić information content (AvgIpc) is 2.94. The largest absolute Gasteiger partial charge is 0.283 e. The fourth-order valence-corrected chi connectivity index (χ4v) is 4.43. The van der Waals surface area contributed by atoms with Gasteiger partial charge in [-0.1, -0.05) is 18.2 Å². The summed E-state index contributed by atoms with van der Waals surface area (Å²) in [4.78, 5) is 19.5. The van der Waals surface area contributed by atoms with Crippen molar-refractivity contribution in [3.63, 3.8) is 0 Å². The van der Waals surface area contributed by atoms with E-state index in [2.05, 4.69) is 10.1 Å². The second kappa shape index (κ2) is 5.94. The first kappa shape index (κ1) is 15.2. The highest BCUT2D eigenvalue weighted by Crippen LogP contribution is 2.33. The Balaban J connectivity index is 1.87. The molecular formula is C18H16FN3OS. The second-order valence-corrected chi connectivity index (χ2v) is 7.02. The predicted octanol–water partition coefficient (Wildman–Crippen LogP) is 3.67. The summed E-state index contributed by atoms with van der Waals surface area (Å²) >= 11 is 1.62. The van der Waals surface area contributed by atoms with Gasteiger partial charge in [0.05, 0.1) is 11.6 Å². The van der Waals surface area contributed by atoms with Gasteiger partial charge >= 0.3 is 0 Å². The third-order valence-electron chi connectivity index (χ3n) is 4.35. The molecule has 2 heterocycles. The highest BCUT2D eigenvalue weighted by molar-refractivity contribution is 7.18. The zero-order valence-electron chi connectivity index (χ0n) is 13.3. The molecule has 4 nitrogen and oxygen atoms in total. The Hall–Kier alpha value is -2.34. The van der Waals surface area contributed by atoms with E-state index in [0.717, 1.165) is 29.7 Å². The van der Waals surface area contributed by atoms with Gasteiger partial charge in [-0.05, 0) is 44.2 Å². The molecule has 122 valence electrons. The van der Waals surface area contributed by atoms with Crippen molar-refractivity contribution in [2.24, 2.45) is 5.10 Å². The van der Waals surface area contributed by atoms with Crippen molar-refractivity contribution in [1.82, 2.24) is 9.66 Å². The van der Waals surface area contributed by atoms with Gasteiger partial charge in [0.15, 0.2) is 0 Å². The number of halogens is 1. The number of fused-ring (bicyclic) bond motifs is 3. The van der Waals surface area contributed by atoms with Gasteiger partial charge in [0, 0.05) is 10.4 Å². The Morgan fingerprint density at radius 1 is 1.29 bits per heavy atom. The van der Waals surface area contributed by atoms with Crippen molar-refractivity contribution < 1.29 is 4.39 Å². The van der Waals surface area contributed by atoms with Crippen LogP contribution in [0.5, 0.6) is 0 Å². The minimum absolute atomic E-state index is 0.163. The minimum atomic E-state index is -0.367. The van der Waals surface area contributed by atoms with Crippen molar-refractivity contribution in [3.8, 4) is 0 Å². The Morgan fingerprint density at radius 2 is 2.08 bits per heavy atom. The number of aromatic nitrogens is 2. The van der Waals surface area contributed by atoms with E-state index < -0.39 is 0 Å². The molecule has 4 rings (SSSR count). The number of nitrogens with zero attached hydrogens (tertiary/aromatic N) is 3. The molecule has 2 aromatic heterocycles. The van der Waals surface area contributed by atoms with Crippen molar-refractivity contribution in [3.05, 3.63) is 62.3 Å². The van der Waals surface area contributed by atoms with E-state index in [-0.39, 0.29) is 11.4 Å². The van der Waals surface area contributed by atoms with Gasteiger partial charge in [-0.3, -0.25) is 4.79 Å². The van der Waals surface area contributed by atoms with Crippen molar-refractivity contribution in [1.29, 1.82) is 0 Å². The molecule has 1 aliphatic rings. The normalized spacial score (nSPS) is 14.4. The molecule has 0 spiro atoms. The minimum Gasteiger partial charge on any atom is -0.267 e. The Morgan fingerprint density at radius 3 is 2.92 bits per heavy atom.